The Labute approximate surface area is 229 Å². The molecule has 0 saturated carbocycles. The third-order valence-electron chi connectivity index (χ3n) is 6.10. The lowest BCUT2D eigenvalue weighted by molar-refractivity contribution is 0.220. The fraction of sp³-hybridized carbons (Fsp3) is 0.148. The SMILES string of the molecule is Cc1cc([C@H](C)Oc2ccc(Cl)nc2S(N)(=O)=O)c2cc(-c3ccc(-c4cnn(C)c4)cn3)c(C#N)nc2c1. The number of benzene rings is 1. The number of nitrogens with two attached hydrogens (primary N) is 1. The van der Waals surface area contributed by atoms with Crippen molar-refractivity contribution in [3.8, 4) is 34.2 Å². The van der Waals surface area contributed by atoms with E-state index in [-0.39, 0.29) is 16.6 Å². The number of aryl methyl sites for hydroxylation is 2. The fourth-order valence-electron chi connectivity index (χ4n) is 4.31. The van der Waals surface area contributed by atoms with Gasteiger partial charge in [0.15, 0.2) is 11.4 Å². The van der Waals surface area contributed by atoms with E-state index in [1.165, 1.54) is 12.1 Å². The van der Waals surface area contributed by atoms with Crippen molar-refractivity contribution in [2.24, 2.45) is 12.2 Å². The lowest BCUT2D eigenvalue weighted by atomic mass is 9.97. The summed E-state index contributed by atoms with van der Waals surface area (Å²) in [6, 6.07) is 14.4. The van der Waals surface area contributed by atoms with Crippen LogP contribution in [0.3, 0.4) is 0 Å². The van der Waals surface area contributed by atoms with Crippen LogP contribution in [0.25, 0.3) is 33.3 Å². The molecule has 196 valence electrons. The number of aromatic nitrogens is 5. The smallest absolute Gasteiger partial charge is 0.259 e. The Morgan fingerprint density at radius 3 is 2.54 bits per heavy atom. The molecule has 1 atom stereocenters. The van der Waals surface area contributed by atoms with Crippen molar-refractivity contribution in [1.82, 2.24) is 24.7 Å². The second-order valence-electron chi connectivity index (χ2n) is 8.99. The van der Waals surface area contributed by atoms with Crippen LogP contribution >= 0.6 is 11.6 Å². The van der Waals surface area contributed by atoms with Gasteiger partial charge in [-0.2, -0.15) is 10.4 Å². The van der Waals surface area contributed by atoms with Gasteiger partial charge in [-0.3, -0.25) is 9.67 Å². The molecule has 4 heterocycles. The molecule has 0 spiro atoms. The Kier molecular flexibility index (Phi) is 6.78. The number of nitrogens with zero attached hydrogens (tertiary/aromatic N) is 6. The first kappa shape index (κ1) is 26.2. The zero-order chi connectivity index (χ0) is 27.9. The molecule has 0 aliphatic carbocycles. The summed E-state index contributed by atoms with van der Waals surface area (Å²) in [5, 5.41) is 19.7. The number of ether oxygens (including phenoxy) is 1. The third kappa shape index (κ3) is 5.31. The highest BCUT2D eigenvalue weighted by Crippen LogP contribution is 2.34. The molecule has 5 rings (SSSR count). The molecule has 0 aliphatic rings. The molecule has 5 aromatic rings. The summed E-state index contributed by atoms with van der Waals surface area (Å²) in [7, 11) is -2.35. The maximum atomic E-state index is 12.1. The van der Waals surface area contributed by atoms with Crippen LogP contribution in [0.1, 0.15) is 29.8 Å². The summed E-state index contributed by atoms with van der Waals surface area (Å²) < 4.78 is 32.0. The number of hydrogen-bond acceptors (Lipinski definition) is 8. The molecule has 0 bridgehead atoms. The highest BCUT2D eigenvalue weighted by Gasteiger charge is 2.22. The van der Waals surface area contributed by atoms with Crippen LogP contribution in [-0.2, 0) is 17.1 Å². The standard InChI is InChI=1S/C27H22ClN7O3S/c1-15-8-19(16(2)38-25-6-7-26(28)34-27(25)39(30,36)37)20-10-21(24(11-29)33-23(20)9-15)22-5-4-17(12-31-22)18-13-32-35(3)14-18/h4-10,12-14,16H,1-3H3,(H2,30,36,37)/t16-/m0/s1. The lowest BCUT2D eigenvalue weighted by Crippen LogP contribution is -2.17. The zero-order valence-electron chi connectivity index (χ0n) is 21.1. The van der Waals surface area contributed by atoms with Crippen molar-refractivity contribution in [2.45, 2.75) is 25.0 Å². The van der Waals surface area contributed by atoms with E-state index in [9.17, 15) is 13.7 Å². The summed E-state index contributed by atoms with van der Waals surface area (Å²) >= 11 is 5.89. The largest absolute Gasteiger partial charge is 0.483 e. The van der Waals surface area contributed by atoms with Gasteiger partial charge in [0.05, 0.1) is 17.4 Å². The summed E-state index contributed by atoms with van der Waals surface area (Å²) in [6.07, 6.45) is 4.73. The summed E-state index contributed by atoms with van der Waals surface area (Å²) in [5.74, 6) is -0.0291. The number of hydrogen-bond donors (Lipinski definition) is 1. The molecule has 0 aliphatic heterocycles. The van der Waals surface area contributed by atoms with Crippen molar-refractivity contribution in [3.63, 3.8) is 0 Å². The van der Waals surface area contributed by atoms with Crippen LogP contribution in [0.4, 0.5) is 0 Å². The maximum absolute atomic E-state index is 12.1. The van der Waals surface area contributed by atoms with E-state index in [1.54, 1.807) is 24.0 Å². The van der Waals surface area contributed by atoms with Gasteiger partial charge in [0.25, 0.3) is 10.0 Å². The predicted molar refractivity (Wildman–Crippen MR) is 146 cm³/mol. The third-order valence-corrected chi connectivity index (χ3v) is 7.14. The Hall–Kier alpha value is -4.37. The second-order valence-corrected chi connectivity index (χ2v) is 10.9. The van der Waals surface area contributed by atoms with Gasteiger partial charge in [0.1, 0.15) is 17.3 Å². The first-order chi connectivity index (χ1) is 18.5. The molecule has 0 fully saturated rings. The zero-order valence-corrected chi connectivity index (χ0v) is 22.7. The average Bonchev–Trinajstić information content (AvgIpc) is 3.34. The molecule has 1 aromatic carbocycles. The highest BCUT2D eigenvalue weighted by molar-refractivity contribution is 7.89. The van der Waals surface area contributed by atoms with Crippen LogP contribution in [0.15, 0.2) is 66.1 Å². The Morgan fingerprint density at radius 2 is 1.90 bits per heavy atom. The fourth-order valence-corrected chi connectivity index (χ4v) is 5.13. The number of fused-ring (bicyclic) bond motifs is 1. The van der Waals surface area contributed by atoms with Crippen molar-refractivity contribution in [1.29, 1.82) is 5.26 Å². The maximum Gasteiger partial charge on any atom is 0.259 e. The van der Waals surface area contributed by atoms with E-state index in [0.29, 0.717) is 16.8 Å². The molecule has 0 amide bonds. The Bertz CT molecular complexity index is 1880. The van der Waals surface area contributed by atoms with E-state index >= 15 is 0 Å². The Morgan fingerprint density at radius 1 is 1.10 bits per heavy atom. The number of primary sulfonamides is 1. The van der Waals surface area contributed by atoms with Crippen molar-refractivity contribution >= 4 is 32.5 Å². The highest BCUT2D eigenvalue weighted by atomic mass is 35.5. The monoisotopic (exact) mass is 559 g/mol. The number of rotatable bonds is 6. The number of sulfonamides is 1. The average molecular weight is 560 g/mol. The predicted octanol–water partition coefficient (Wildman–Crippen LogP) is 4.71. The van der Waals surface area contributed by atoms with E-state index < -0.39 is 21.2 Å². The van der Waals surface area contributed by atoms with Crippen molar-refractivity contribution in [3.05, 3.63) is 83.0 Å². The van der Waals surface area contributed by atoms with Crippen LogP contribution in [-0.4, -0.2) is 33.2 Å². The van der Waals surface area contributed by atoms with Gasteiger partial charge in [0, 0.05) is 47.1 Å². The molecule has 2 N–H and O–H groups in total. The molecular weight excluding hydrogens is 538 g/mol. The molecule has 12 heteroatoms. The van der Waals surface area contributed by atoms with Gasteiger partial charge < -0.3 is 4.74 Å². The quantitative estimate of drug-likeness (QED) is 0.294. The molecule has 0 saturated heterocycles. The molecule has 10 nitrogen and oxygen atoms in total. The number of nitriles is 1. The number of halogens is 1. The first-order valence-corrected chi connectivity index (χ1v) is 13.6. The summed E-state index contributed by atoms with van der Waals surface area (Å²) in [6.45, 7) is 3.67. The van der Waals surface area contributed by atoms with Gasteiger partial charge in [0.2, 0.25) is 5.03 Å². The van der Waals surface area contributed by atoms with Gasteiger partial charge in [-0.25, -0.2) is 23.5 Å². The van der Waals surface area contributed by atoms with Crippen LogP contribution in [0.5, 0.6) is 5.75 Å². The van der Waals surface area contributed by atoms with Gasteiger partial charge in [-0.05, 0) is 49.7 Å². The Balaban J connectivity index is 1.60. The van der Waals surface area contributed by atoms with E-state index in [1.807, 2.05) is 50.5 Å². The molecule has 4 aromatic heterocycles. The molecule has 0 radical (unpaired) electrons. The first-order valence-electron chi connectivity index (χ1n) is 11.7. The topological polar surface area (TPSA) is 150 Å². The minimum Gasteiger partial charge on any atom is -0.483 e. The van der Waals surface area contributed by atoms with Gasteiger partial charge in [-0.15, -0.1) is 0 Å². The van der Waals surface area contributed by atoms with E-state index in [0.717, 1.165) is 27.6 Å². The molecule has 0 unspecified atom stereocenters. The van der Waals surface area contributed by atoms with Crippen LogP contribution in [0, 0.1) is 18.3 Å². The molecular formula is C27H22ClN7O3S. The normalized spacial score (nSPS) is 12.3. The minimum absolute atomic E-state index is 0.0278. The summed E-state index contributed by atoms with van der Waals surface area (Å²) in [5.41, 5.74) is 5.38. The van der Waals surface area contributed by atoms with Crippen molar-refractivity contribution in [2.75, 3.05) is 0 Å². The van der Waals surface area contributed by atoms with Gasteiger partial charge in [-0.1, -0.05) is 23.7 Å². The van der Waals surface area contributed by atoms with E-state index in [2.05, 4.69) is 26.1 Å². The van der Waals surface area contributed by atoms with Crippen LogP contribution in [0.2, 0.25) is 5.15 Å². The lowest BCUT2D eigenvalue weighted by Gasteiger charge is -2.19. The van der Waals surface area contributed by atoms with E-state index in [4.69, 9.17) is 21.5 Å². The van der Waals surface area contributed by atoms with Crippen molar-refractivity contribution < 1.29 is 13.2 Å². The minimum atomic E-state index is -4.19. The van der Waals surface area contributed by atoms with Crippen LogP contribution < -0.4 is 9.88 Å². The second kappa shape index (κ2) is 10.1. The van der Waals surface area contributed by atoms with Gasteiger partial charge >= 0.3 is 0 Å². The molecule has 39 heavy (non-hydrogen) atoms. The summed E-state index contributed by atoms with van der Waals surface area (Å²) in [4.78, 5) is 13.1. The number of pyridine rings is 3.